The largest absolute Gasteiger partial charge is 0.378 e. The molecule has 15 heteroatoms. The lowest BCUT2D eigenvalue weighted by Crippen LogP contribution is -2.43. The molecule has 0 unspecified atom stereocenters. The van der Waals surface area contributed by atoms with Gasteiger partial charge < -0.3 is 9.64 Å². The van der Waals surface area contributed by atoms with E-state index < -0.39 is 21.5 Å². The Kier molecular flexibility index (Phi) is 9.07. The van der Waals surface area contributed by atoms with Crippen LogP contribution >= 0.6 is 23.2 Å². The molecule has 0 aliphatic carbocycles. The fourth-order valence-corrected chi connectivity index (χ4v) is 7.86. The maximum Gasteiger partial charge on any atom is 0.281 e. The van der Waals surface area contributed by atoms with Gasteiger partial charge in [0.1, 0.15) is 11.9 Å². The van der Waals surface area contributed by atoms with Crippen molar-refractivity contribution in [2.75, 3.05) is 37.7 Å². The molecule has 1 atom stereocenters. The lowest BCUT2D eigenvalue weighted by Gasteiger charge is -2.29. The van der Waals surface area contributed by atoms with Gasteiger partial charge in [0.05, 0.1) is 25.1 Å². The van der Waals surface area contributed by atoms with Gasteiger partial charge in [-0.1, -0.05) is 54.0 Å². The van der Waals surface area contributed by atoms with Crippen LogP contribution in [0.4, 0.5) is 11.6 Å². The fourth-order valence-electron chi connectivity index (χ4n) is 5.88. The highest BCUT2D eigenvalue weighted by atomic mass is 35.5. The van der Waals surface area contributed by atoms with Gasteiger partial charge in [-0.25, -0.2) is 19.9 Å². The van der Waals surface area contributed by atoms with E-state index in [-0.39, 0.29) is 36.3 Å². The molecule has 244 valence electrons. The molecule has 2 aliphatic rings. The van der Waals surface area contributed by atoms with Gasteiger partial charge in [0.2, 0.25) is 11.9 Å². The molecule has 4 heterocycles. The third-order valence-corrected chi connectivity index (χ3v) is 10.5. The van der Waals surface area contributed by atoms with Gasteiger partial charge in [0, 0.05) is 66.7 Å². The van der Waals surface area contributed by atoms with Crippen LogP contribution in [0.5, 0.6) is 0 Å². The number of hydrogen-bond acceptors (Lipinski definition) is 8. The zero-order chi connectivity index (χ0) is 33.3. The molecule has 47 heavy (non-hydrogen) atoms. The average Bonchev–Trinajstić information content (AvgIpc) is 3.59. The van der Waals surface area contributed by atoms with Gasteiger partial charge in [-0.2, -0.15) is 8.42 Å². The topological polar surface area (TPSA) is 131 Å². The number of hydrogen-bond donors (Lipinski definition) is 0. The molecule has 12 nitrogen and oxygen atoms in total. The minimum atomic E-state index is -4.34. The van der Waals surface area contributed by atoms with E-state index in [1.807, 2.05) is 24.3 Å². The summed E-state index contributed by atoms with van der Waals surface area (Å²) in [4.78, 5) is 42.9. The van der Waals surface area contributed by atoms with Crippen molar-refractivity contribution in [3.63, 3.8) is 0 Å². The van der Waals surface area contributed by atoms with Crippen molar-refractivity contribution in [2.45, 2.75) is 30.3 Å². The van der Waals surface area contributed by atoms with Crippen molar-refractivity contribution in [1.29, 1.82) is 0 Å². The maximum atomic E-state index is 14.4. The first-order valence-electron chi connectivity index (χ1n) is 14.8. The molecule has 0 N–H and O–H groups in total. The van der Waals surface area contributed by atoms with Gasteiger partial charge in [-0.15, -0.1) is 0 Å². The monoisotopic (exact) mass is 695 g/mol. The number of carbonyl (C=O) groups excluding carboxylic acids is 2. The van der Waals surface area contributed by atoms with Gasteiger partial charge in [-0.3, -0.25) is 18.5 Å². The molecule has 2 aliphatic heterocycles. The molecule has 1 fully saturated rings. The molecular weight excluding hydrogens is 665 g/mol. The number of ether oxygens (including phenoxy) is 1. The summed E-state index contributed by atoms with van der Waals surface area (Å²) in [5.41, 5.74) is 1.37. The van der Waals surface area contributed by atoms with E-state index in [0.29, 0.717) is 42.0 Å². The second-order valence-corrected chi connectivity index (χ2v) is 14.0. The molecule has 2 amide bonds. The Labute approximate surface area is 282 Å². The predicted octanol–water partition coefficient (Wildman–Crippen LogP) is 4.67. The van der Waals surface area contributed by atoms with Gasteiger partial charge in [-0.05, 0) is 36.2 Å². The molecule has 0 saturated carbocycles. The van der Waals surface area contributed by atoms with Crippen molar-refractivity contribution < 1.29 is 22.7 Å². The second kappa shape index (κ2) is 13.1. The third-order valence-electron chi connectivity index (χ3n) is 8.26. The summed E-state index contributed by atoms with van der Waals surface area (Å²) >= 11 is 12.6. The van der Waals surface area contributed by atoms with Crippen molar-refractivity contribution in [1.82, 2.24) is 28.7 Å². The first kappa shape index (κ1) is 32.6. The van der Waals surface area contributed by atoms with E-state index in [2.05, 4.69) is 21.5 Å². The van der Waals surface area contributed by atoms with Crippen LogP contribution in [0.25, 0.3) is 11.1 Å². The lowest BCUT2D eigenvalue weighted by molar-refractivity contribution is -0.135. The zero-order valence-corrected chi connectivity index (χ0v) is 27.7. The van der Waals surface area contributed by atoms with Crippen LogP contribution in [0.3, 0.4) is 0 Å². The zero-order valence-electron chi connectivity index (χ0n) is 25.4. The summed E-state index contributed by atoms with van der Waals surface area (Å²) in [6.07, 6.45) is 7.29. The average molecular weight is 697 g/mol. The van der Waals surface area contributed by atoms with E-state index in [1.165, 1.54) is 28.1 Å². The number of halogens is 2. The highest BCUT2D eigenvalue weighted by Crippen LogP contribution is 2.45. The summed E-state index contributed by atoms with van der Waals surface area (Å²) in [5, 5.41) is 0.363. The van der Waals surface area contributed by atoms with Gasteiger partial charge in [0.25, 0.3) is 15.9 Å². The number of anilines is 2. The molecular formula is C32H31Cl2N7O5S. The van der Waals surface area contributed by atoms with E-state index >= 15 is 0 Å². The molecule has 2 aromatic carbocycles. The van der Waals surface area contributed by atoms with Crippen molar-refractivity contribution in [3.8, 4) is 11.1 Å². The van der Waals surface area contributed by atoms with Crippen LogP contribution < -0.4 is 4.90 Å². The minimum Gasteiger partial charge on any atom is -0.378 e. The summed E-state index contributed by atoms with van der Waals surface area (Å²) in [6, 6.07) is 12.2. The highest BCUT2D eigenvalue weighted by Gasteiger charge is 2.52. The maximum absolute atomic E-state index is 14.4. The molecule has 2 aromatic heterocycles. The Morgan fingerprint density at radius 2 is 1.70 bits per heavy atom. The normalized spacial score (nSPS) is 17.9. The SMILES string of the molecule is C=CN(CCC(=O)N1CCOCC1)S(=O)(=O)c1cnc2n1[C@](C)(Cc1ccc(-c3cncnc3)cc1)C(=O)N2c1cc(Cl)cc(Cl)c1. The third kappa shape index (κ3) is 6.23. The smallest absolute Gasteiger partial charge is 0.281 e. The van der Waals surface area contributed by atoms with Crippen LogP contribution in [-0.2, 0) is 36.3 Å². The number of carbonyl (C=O) groups is 2. The van der Waals surface area contributed by atoms with Crippen molar-refractivity contribution in [3.05, 3.63) is 95.8 Å². The van der Waals surface area contributed by atoms with Crippen molar-refractivity contribution in [2.24, 2.45) is 0 Å². The number of aromatic nitrogens is 4. The number of fused-ring (bicyclic) bond motifs is 1. The van der Waals surface area contributed by atoms with Crippen LogP contribution in [-0.4, -0.2) is 81.8 Å². The molecule has 0 bridgehead atoms. The highest BCUT2D eigenvalue weighted by molar-refractivity contribution is 7.89. The van der Waals surface area contributed by atoms with E-state index in [9.17, 15) is 18.0 Å². The second-order valence-electron chi connectivity index (χ2n) is 11.3. The first-order chi connectivity index (χ1) is 22.5. The van der Waals surface area contributed by atoms with Crippen LogP contribution in [0.1, 0.15) is 18.9 Å². The summed E-state index contributed by atoms with van der Waals surface area (Å²) in [6.45, 7) is 6.99. The molecule has 1 saturated heterocycles. The Morgan fingerprint density at radius 3 is 2.34 bits per heavy atom. The minimum absolute atomic E-state index is 0.0611. The lowest BCUT2D eigenvalue weighted by atomic mass is 9.91. The van der Waals surface area contributed by atoms with Crippen LogP contribution in [0.15, 0.2) is 85.2 Å². The summed E-state index contributed by atoms with van der Waals surface area (Å²) in [7, 11) is -4.34. The summed E-state index contributed by atoms with van der Waals surface area (Å²) in [5.74, 6) is -0.534. The van der Waals surface area contributed by atoms with Gasteiger partial charge >= 0.3 is 0 Å². The van der Waals surface area contributed by atoms with E-state index in [4.69, 9.17) is 27.9 Å². The molecule has 0 spiro atoms. The standard InChI is InChI=1S/C32H31Cl2N7O5S/c1-3-39(9-8-28(42)38-10-12-46-13-11-38)47(44,45)29-20-37-31-40(27-15-25(33)14-26(34)16-27)30(43)32(2,41(29)31)17-22-4-6-23(7-5-22)24-18-35-21-36-19-24/h3-7,14-16,18-21H,1,8-13,17H2,2H3/t32-/m1/s1. The molecule has 6 rings (SSSR count). The van der Waals surface area contributed by atoms with Crippen LogP contribution in [0.2, 0.25) is 10.0 Å². The number of morpholine rings is 1. The van der Waals surface area contributed by atoms with Crippen LogP contribution in [0, 0.1) is 0 Å². The Balaban J connectivity index is 1.38. The van der Waals surface area contributed by atoms with E-state index in [1.54, 1.807) is 36.4 Å². The molecule has 4 aromatic rings. The number of imidazole rings is 1. The Bertz CT molecular complexity index is 1910. The molecule has 0 radical (unpaired) electrons. The van der Waals surface area contributed by atoms with Crippen molar-refractivity contribution >= 4 is 56.7 Å². The number of rotatable bonds is 10. The summed E-state index contributed by atoms with van der Waals surface area (Å²) < 4.78 is 36.2. The van der Waals surface area contributed by atoms with Gasteiger partial charge in [0.15, 0.2) is 5.03 Å². The number of sulfonamides is 1. The fraction of sp³-hybridized carbons (Fsp3) is 0.281. The number of nitrogens with zero attached hydrogens (tertiary/aromatic N) is 7. The van der Waals surface area contributed by atoms with E-state index in [0.717, 1.165) is 27.2 Å². The number of benzene rings is 2. The first-order valence-corrected chi connectivity index (χ1v) is 17.0. The quantitative estimate of drug-likeness (QED) is 0.234. The Morgan fingerprint density at radius 1 is 1.04 bits per heavy atom. The number of amides is 2. The Hall–Kier alpha value is -4.30. The predicted molar refractivity (Wildman–Crippen MR) is 177 cm³/mol.